The summed E-state index contributed by atoms with van der Waals surface area (Å²) in [5, 5.41) is 12.4. The fourth-order valence-corrected chi connectivity index (χ4v) is 7.39. The smallest absolute Gasteiger partial charge is 0.169 e. The summed E-state index contributed by atoms with van der Waals surface area (Å²) in [5.74, 6) is 2.34. The lowest BCUT2D eigenvalue weighted by Gasteiger charge is -2.38. The van der Waals surface area contributed by atoms with Crippen LogP contribution < -0.4 is 5.32 Å². The zero-order valence-corrected chi connectivity index (χ0v) is 25.3. The molecule has 1 aliphatic carbocycles. The first-order chi connectivity index (χ1) is 23.3. The normalized spacial score (nSPS) is 17.7. The van der Waals surface area contributed by atoms with Crippen LogP contribution in [0.4, 0.5) is 0 Å². The topological polar surface area (TPSA) is 64.0 Å². The number of hydrogen-bond donors (Lipinski definition) is 1. The molecule has 2 unspecified atom stereocenters. The molecule has 0 radical (unpaired) electrons. The molecule has 0 fully saturated rings. The van der Waals surface area contributed by atoms with Crippen LogP contribution in [0, 0.1) is 0 Å². The molecule has 0 amide bonds. The van der Waals surface area contributed by atoms with Gasteiger partial charge in [-0.1, -0.05) is 133 Å². The van der Waals surface area contributed by atoms with Gasteiger partial charge in [0, 0.05) is 16.5 Å². The van der Waals surface area contributed by atoms with Gasteiger partial charge in [-0.25, -0.2) is 9.98 Å². The lowest BCUT2D eigenvalue weighted by atomic mass is 9.88. The van der Waals surface area contributed by atoms with E-state index >= 15 is 0 Å². The van der Waals surface area contributed by atoms with Crippen molar-refractivity contribution in [2.75, 3.05) is 0 Å². The van der Waals surface area contributed by atoms with E-state index < -0.39 is 12.2 Å². The number of nitrogens with one attached hydrogen (secondary N) is 1. The van der Waals surface area contributed by atoms with Crippen LogP contribution >= 0.6 is 0 Å². The number of aliphatic imine (C=N–C) groups is 2. The van der Waals surface area contributed by atoms with Gasteiger partial charge in [0.25, 0.3) is 0 Å². The summed E-state index contributed by atoms with van der Waals surface area (Å²) in [6.07, 6.45) is 1.58. The lowest BCUT2D eigenvalue weighted by molar-refractivity contribution is 0.592. The van der Waals surface area contributed by atoms with Gasteiger partial charge in [0.2, 0.25) is 0 Å². The number of amidine groups is 2. The quantitative estimate of drug-likeness (QED) is 0.218. The second-order valence-electron chi connectivity index (χ2n) is 12.1. The highest BCUT2D eigenvalue weighted by Gasteiger charge is 2.31. The highest BCUT2D eigenvalue weighted by molar-refractivity contribution is 6.19. The zero-order chi connectivity index (χ0) is 30.9. The maximum absolute atomic E-state index is 6.75. The van der Waals surface area contributed by atoms with Crippen LogP contribution in [-0.2, 0) is 0 Å². The zero-order valence-electron chi connectivity index (χ0n) is 25.3. The van der Waals surface area contributed by atoms with Crippen molar-refractivity contribution in [3.8, 4) is 22.3 Å². The molecule has 1 aromatic heterocycles. The minimum atomic E-state index is -0.404. The fraction of sp³-hybridized carbons (Fsp3) is 0.0476. The van der Waals surface area contributed by atoms with E-state index in [-0.39, 0.29) is 0 Å². The first kappa shape index (κ1) is 26.1. The summed E-state index contributed by atoms with van der Waals surface area (Å²) in [5.41, 5.74) is 11.0. The van der Waals surface area contributed by atoms with Crippen LogP contribution in [0.1, 0.15) is 40.2 Å². The Bertz CT molecular complexity index is 2440. The van der Waals surface area contributed by atoms with E-state index in [9.17, 15) is 0 Å². The van der Waals surface area contributed by atoms with Crippen LogP contribution in [0.15, 0.2) is 160 Å². The fourth-order valence-electron chi connectivity index (χ4n) is 7.39. The Hall–Kier alpha value is -6.20. The molecule has 0 bridgehead atoms. The number of nitrogens with zero attached hydrogens (tertiary/aromatic N) is 3. The molecule has 222 valence electrons. The monoisotopic (exact) mass is 603 g/mol. The Labute approximate surface area is 271 Å². The van der Waals surface area contributed by atoms with Gasteiger partial charge in [0.05, 0.1) is 5.84 Å². The summed E-state index contributed by atoms with van der Waals surface area (Å²) < 4.78 is 6.75. The van der Waals surface area contributed by atoms with E-state index in [0.717, 1.165) is 56.2 Å². The van der Waals surface area contributed by atoms with Gasteiger partial charge in [-0.15, -0.1) is 0 Å². The summed E-state index contributed by atoms with van der Waals surface area (Å²) in [4.78, 5) is 10.2. The van der Waals surface area contributed by atoms with E-state index in [1.807, 2.05) is 54.7 Å². The molecule has 5 heteroatoms. The van der Waals surface area contributed by atoms with Crippen LogP contribution in [0.2, 0.25) is 0 Å². The van der Waals surface area contributed by atoms with Crippen LogP contribution in [0.5, 0.6) is 0 Å². The van der Waals surface area contributed by atoms with Crippen LogP contribution in [0.25, 0.3) is 54.9 Å². The van der Waals surface area contributed by atoms with Crippen LogP contribution in [-0.4, -0.2) is 11.7 Å². The van der Waals surface area contributed by atoms with Crippen molar-refractivity contribution < 1.29 is 4.42 Å². The molecule has 5 nitrogen and oxygen atoms in total. The van der Waals surface area contributed by atoms with E-state index in [0.29, 0.717) is 0 Å². The SMILES string of the molecule is C1=C(c2ccc3c4c(cccc24)-c2ccccc2-3)c2oc3ccccc3c2C(C2=NC(c3ccccc3)N=C(c3ccccc3)N2)[N-]1. The second kappa shape index (κ2) is 10.2. The third-order valence-electron chi connectivity index (χ3n) is 9.51. The number of furan rings is 1. The van der Waals surface area contributed by atoms with Gasteiger partial charge in [-0.05, 0) is 61.8 Å². The van der Waals surface area contributed by atoms with Crippen molar-refractivity contribution in [2.24, 2.45) is 9.98 Å². The minimum Gasteiger partial charge on any atom is -0.677 e. The van der Waals surface area contributed by atoms with Crippen molar-refractivity contribution in [3.63, 3.8) is 0 Å². The first-order valence-electron chi connectivity index (χ1n) is 15.9. The molecule has 6 aromatic carbocycles. The maximum atomic E-state index is 6.75. The summed E-state index contributed by atoms with van der Waals surface area (Å²) in [6.45, 7) is 0. The van der Waals surface area contributed by atoms with Gasteiger partial charge >= 0.3 is 0 Å². The van der Waals surface area contributed by atoms with Crippen LogP contribution in [0.3, 0.4) is 0 Å². The summed E-state index contributed by atoms with van der Waals surface area (Å²) in [7, 11) is 0. The largest absolute Gasteiger partial charge is 0.677 e. The molecule has 2 aliphatic heterocycles. The average Bonchev–Trinajstić information content (AvgIpc) is 3.70. The lowest BCUT2D eigenvalue weighted by Crippen LogP contribution is -2.39. The maximum Gasteiger partial charge on any atom is 0.169 e. The average molecular weight is 604 g/mol. The minimum absolute atomic E-state index is 0.400. The van der Waals surface area contributed by atoms with Crippen molar-refractivity contribution in [1.29, 1.82) is 0 Å². The predicted molar refractivity (Wildman–Crippen MR) is 191 cm³/mol. The molecular weight excluding hydrogens is 576 g/mol. The predicted octanol–water partition coefficient (Wildman–Crippen LogP) is 10.2. The number of rotatable bonds is 4. The van der Waals surface area contributed by atoms with Crippen molar-refractivity contribution >= 4 is 39.0 Å². The highest BCUT2D eigenvalue weighted by Crippen LogP contribution is 2.51. The molecule has 2 atom stereocenters. The molecule has 3 heterocycles. The second-order valence-corrected chi connectivity index (χ2v) is 12.1. The van der Waals surface area contributed by atoms with Gasteiger partial charge in [-0.2, -0.15) is 6.20 Å². The third kappa shape index (κ3) is 3.96. The van der Waals surface area contributed by atoms with Gasteiger partial charge < -0.3 is 15.1 Å². The van der Waals surface area contributed by atoms with E-state index in [1.165, 1.54) is 33.0 Å². The van der Waals surface area contributed by atoms with Gasteiger partial charge in [-0.3, -0.25) is 0 Å². The first-order valence-corrected chi connectivity index (χ1v) is 15.9. The molecule has 47 heavy (non-hydrogen) atoms. The van der Waals surface area contributed by atoms with E-state index in [1.54, 1.807) is 0 Å². The van der Waals surface area contributed by atoms with Crippen molar-refractivity contribution in [1.82, 2.24) is 5.32 Å². The standard InChI is InChI=1S/C42H27N4O/c1-3-12-25(13-4-1)40-44-41(26-14-5-2-6-15-26)46-42(45-40)38-37-33-18-9-10-21-35(33)47-39(37)34(24-43-38)29-22-23-32-28-17-8-7-16-27(28)30-19-11-20-31(29)36(30)32/h1-24,38,40H,(H,44,45,46)/q-1. The Morgan fingerprint density at radius 3 is 2.06 bits per heavy atom. The molecule has 1 N–H and O–H groups in total. The molecule has 3 aliphatic rings. The summed E-state index contributed by atoms with van der Waals surface area (Å²) >= 11 is 0. The number of fused-ring (bicyclic) bond motifs is 6. The van der Waals surface area contributed by atoms with Crippen molar-refractivity contribution in [2.45, 2.75) is 12.2 Å². The molecule has 0 spiro atoms. The highest BCUT2D eigenvalue weighted by atomic mass is 16.3. The molecule has 10 rings (SSSR count). The Morgan fingerprint density at radius 2 is 1.23 bits per heavy atom. The number of hydrogen-bond acceptors (Lipinski definition) is 4. The molecular formula is C42H27N4O-. The number of benzene rings is 6. The third-order valence-corrected chi connectivity index (χ3v) is 9.51. The Morgan fingerprint density at radius 1 is 0.574 bits per heavy atom. The Kier molecular flexibility index (Phi) is 5.63. The van der Waals surface area contributed by atoms with Crippen molar-refractivity contribution in [3.05, 3.63) is 179 Å². The summed E-state index contributed by atoms with van der Waals surface area (Å²) in [6, 6.07) is 48.0. The Balaban J connectivity index is 1.14. The van der Waals surface area contributed by atoms with E-state index in [4.69, 9.17) is 19.7 Å². The van der Waals surface area contributed by atoms with Gasteiger partial charge in [0.15, 0.2) is 6.17 Å². The van der Waals surface area contributed by atoms with Gasteiger partial charge in [0.1, 0.15) is 17.2 Å². The molecule has 7 aromatic rings. The van der Waals surface area contributed by atoms with E-state index in [2.05, 4.69) is 96.3 Å². The molecule has 0 saturated heterocycles. The number of para-hydroxylation sites is 1. The molecule has 0 saturated carbocycles.